The van der Waals surface area contributed by atoms with Crippen LogP contribution in [0.1, 0.15) is 49.3 Å². The number of H-pyrrole nitrogens is 1. The van der Waals surface area contributed by atoms with E-state index in [1.54, 1.807) is 7.05 Å². The van der Waals surface area contributed by atoms with Gasteiger partial charge in [0.25, 0.3) is 5.91 Å². The van der Waals surface area contributed by atoms with Crippen molar-refractivity contribution >= 4 is 15.9 Å². The summed E-state index contributed by atoms with van der Waals surface area (Å²) in [6, 6.07) is 0. The van der Waals surface area contributed by atoms with Gasteiger partial charge in [0.2, 0.25) is 10.0 Å². The molecular weight excluding hydrogens is 292 g/mol. The van der Waals surface area contributed by atoms with Gasteiger partial charge in [0, 0.05) is 13.6 Å². The van der Waals surface area contributed by atoms with Crippen LogP contribution < -0.4 is 5.14 Å². The molecule has 1 aromatic rings. The Balaban J connectivity index is 2.32. The summed E-state index contributed by atoms with van der Waals surface area (Å²) in [5, 5.41) is 11.8. The molecule has 2 atom stereocenters. The van der Waals surface area contributed by atoms with Crippen LogP contribution in [0.25, 0.3) is 0 Å². The van der Waals surface area contributed by atoms with E-state index in [1.807, 2.05) is 13.8 Å². The van der Waals surface area contributed by atoms with Crippen LogP contribution in [0.5, 0.6) is 0 Å². The number of aromatic amines is 1. The molecule has 1 heterocycles. The van der Waals surface area contributed by atoms with Crippen molar-refractivity contribution in [2.45, 2.75) is 38.0 Å². The number of carbonyl (C=O) groups excluding carboxylic acids is 1. The summed E-state index contributed by atoms with van der Waals surface area (Å²) in [5.74, 6) is 0.561. The van der Waals surface area contributed by atoms with Crippen LogP contribution in [0.2, 0.25) is 0 Å². The average Bonchev–Trinajstić information content (AvgIpc) is 2.90. The van der Waals surface area contributed by atoms with E-state index in [4.69, 9.17) is 5.14 Å². The lowest BCUT2D eigenvalue weighted by Crippen LogP contribution is -2.31. The summed E-state index contributed by atoms with van der Waals surface area (Å²) in [7, 11) is -2.35. The Labute approximate surface area is 124 Å². The standard InChI is InChI=1S/C13H22N4O3S/c1-7(2)10-12(21(14,19)20)11(16-15-10)13(18)17(4)6-9-5-8(9)3/h7-9H,5-6H2,1-4H3,(H,15,16)(H2,14,19,20). The number of hydrogen-bond acceptors (Lipinski definition) is 4. The highest BCUT2D eigenvalue weighted by Crippen LogP contribution is 2.38. The summed E-state index contributed by atoms with van der Waals surface area (Å²) < 4.78 is 23.6. The van der Waals surface area contributed by atoms with Gasteiger partial charge in [-0.3, -0.25) is 9.89 Å². The van der Waals surface area contributed by atoms with Crippen molar-refractivity contribution in [2.75, 3.05) is 13.6 Å². The molecule has 3 N–H and O–H groups in total. The Morgan fingerprint density at radius 2 is 2.10 bits per heavy atom. The highest BCUT2D eigenvalue weighted by molar-refractivity contribution is 7.89. The van der Waals surface area contributed by atoms with Gasteiger partial charge in [-0.05, 0) is 24.2 Å². The fourth-order valence-corrected chi connectivity index (χ4v) is 3.43. The minimum Gasteiger partial charge on any atom is -0.340 e. The number of sulfonamides is 1. The molecule has 1 aliphatic rings. The fourth-order valence-electron chi connectivity index (χ4n) is 2.44. The van der Waals surface area contributed by atoms with E-state index in [2.05, 4.69) is 17.1 Å². The zero-order valence-electron chi connectivity index (χ0n) is 12.8. The molecule has 1 saturated carbocycles. The molecule has 118 valence electrons. The zero-order chi connectivity index (χ0) is 15.9. The van der Waals surface area contributed by atoms with Gasteiger partial charge in [0.15, 0.2) is 5.69 Å². The molecule has 0 saturated heterocycles. The third kappa shape index (κ3) is 3.26. The summed E-state index contributed by atoms with van der Waals surface area (Å²) in [4.78, 5) is 13.8. The first-order chi connectivity index (χ1) is 9.62. The minimum atomic E-state index is -4.01. The van der Waals surface area contributed by atoms with Crippen molar-refractivity contribution in [1.29, 1.82) is 0 Å². The van der Waals surface area contributed by atoms with E-state index in [-0.39, 0.29) is 16.5 Å². The molecule has 1 amide bonds. The van der Waals surface area contributed by atoms with E-state index in [9.17, 15) is 13.2 Å². The van der Waals surface area contributed by atoms with Crippen LogP contribution in [0.3, 0.4) is 0 Å². The first-order valence-electron chi connectivity index (χ1n) is 6.99. The third-order valence-corrected chi connectivity index (χ3v) is 4.93. The Morgan fingerprint density at radius 1 is 1.52 bits per heavy atom. The maximum atomic E-state index is 12.4. The van der Waals surface area contributed by atoms with Crippen molar-refractivity contribution in [1.82, 2.24) is 15.1 Å². The first kappa shape index (κ1) is 16.0. The van der Waals surface area contributed by atoms with Crippen molar-refractivity contribution in [3.05, 3.63) is 11.4 Å². The zero-order valence-corrected chi connectivity index (χ0v) is 13.6. The van der Waals surface area contributed by atoms with Crippen molar-refractivity contribution in [2.24, 2.45) is 17.0 Å². The van der Waals surface area contributed by atoms with Gasteiger partial charge >= 0.3 is 0 Å². The van der Waals surface area contributed by atoms with Gasteiger partial charge in [-0.2, -0.15) is 5.10 Å². The van der Waals surface area contributed by atoms with Gasteiger partial charge in [0.05, 0.1) is 5.69 Å². The molecular formula is C13H22N4O3S. The molecule has 1 aliphatic carbocycles. The number of rotatable bonds is 5. The van der Waals surface area contributed by atoms with Gasteiger partial charge < -0.3 is 4.90 Å². The SMILES string of the molecule is CC(C)c1[nH]nc(C(=O)N(C)CC2CC2C)c1S(N)(=O)=O. The number of carbonyl (C=O) groups is 1. The van der Waals surface area contributed by atoms with Crippen LogP contribution in [-0.2, 0) is 10.0 Å². The molecule has 21 heavy (non-hydrogen) atoms. The Kier molecular flexibility index (Phi) is 4.12. The predicted octanol–water partition coefficient (Wildman–Crippen LogP) is 0.909. The molecule has 0 radical (unpaired) electrons. The van der Waals surface area contributed by atoms with Crippen molar-refractivity contribution in [3.63, 3.8) is 0 Å². The summed E-state index contributed by atoms with van der Waals surface area (Å²) in [6.07, 6.45) is 1.09. The largest absolute Gasteiger partial charge is 0.340 e. The first-order valence-corrected chi connectivity index (χ1v) is 8.54. The monoisotopic (exact) mass is 314 g/mol. The smallest absolute Gasteiger partial charge is 0.275 e. The lowest BCUT2D eigenvalue weighted by Gasteiger charge is -2.16. The molecule has 0 aromatic carbocycles. The number of aromatic nitrogens is 2. The summed E-state index contributed by atoms with van der Waals surface area (Å²) in [6.45, 7) is 6.36. The molecule has 1 aromatic heterocycles. The number of nitrogens with zero attached hydrogens (tertiary/aromatic N) is 2. The average molecular weight is 314 g/mol. The van der Waals surface area contributed by atoms with Crippen LogP contribution in [0.4, 0.5) is 0 Å². The second-order valence-electron chi connectivity index (χ2n) is 6.17. The molecule has 2 unspecified atom stereocenters. The Morgan fingerprint density at radius 3 is 2.52 bits per heavy atom. The third-order valence-electron chi connectivity index (χ3n) is 3.94. The van der Waals surface area contributed by atoms with Crippen molar-refractivity contribution in [3.8, 4) is 0 Å². The second kappa shape index (κ2) is 5.42. The number of nitrogens with two attached hydrogens (primary N) is 1. The molecule has 8 heteroatoms. The quantitative estimate of drug-likeness (QED) is 0.841. The lowest BCUT2D eigenvalue weighted by atomic mass is 10.1. The van der Waals surface area contributed by atoms with Gasteiger partial charge in [-0.25, -0.2) is 13.6 Å². The highest BCUT2D eigenvalue weighted by atomic mass is 32.2. The number of nitrogens with one attached hydrogen (secondary N) is 1. The normalized spacial score (nSPS) is 21.6. The summed E-state index contributed by atoms with van der Waals surface area (Å²) >= 11 is 0. The van der Waals surface area contributed by atoms with Crippen LogP contribution in [0, 0.1) is 11.8 Å². The topological polar surface area (TPSA) is 109 Å². The Bertz CT molecular complexity index is 650. The number of amides is 1. The maximum Gasteiger partial charge on any atom is 0.275 e. The molecule has 7 nitrogen and oxygen atoms in total. The molecule has 0 spiro atoms. The predicted molar refractivity (Wildman–Crippen MR) is 78.3 cm³/mol. The van der Waals surface area contributed by atoms with Crippen molar-refractivity contribution < 1.29 is 13.2 Å². The molecule has 1 fully saturated rings. The lowest BCUT2D eigenvalue weighted by molar-refractivity contribution is 0.0777. The van der Waals surface area contributed by atoms with Crippen LogP contribution in [-0.4, -0.2) is 43.0 Å². The minimum absolute atomic E-state index is 0.114. The fraction of sp³-hybridized carbons (Fsp3) is 0.692. The highest BCUT2D eigenvalue weighted by Gasteiger charge is 2.36. The molecule has 0 aliphatic heterocycles. The number of primary sulfonamides is 1. The van der Waals surface area contributed by atoms with Gasteiger partial charge in [-0.1, -0.05) is 20.8 Å². The molecule has 2 rings (SSSR count). The second-order valence-corrected chi connectivity index (χ2v) is 7.67. The van der Waals surface area contributed by atoms with Crippen LogP contribution in [0.15, 0.2) is 4.90 Å². The Hall–Kier alpha value is -1.41. The molecule has 0 bridgehead atoms. The number of hydrogen-bond donors (Lipinski definition) is 2. The van der Waals surface area contributed by atoms with E-state index < -0.39 is 15.9 Å². The maximum absolute atomic E-state index is 12.4. The van der Waals surface area contributed by atoms with E-state index in [1.165, 1.54) is 4.90 Å². The van der Waals surface area contributed by atoms with E-state index in [0.29, 0.717) is 24.1 Å². The van der Waals surface area contributed by atoms with E-state index in [0.717, 1.165) is 6.42 Å². The van der Waals surface area contributed by atoms with E-state index >= 15 is 0 Å². The summed E-state index contributed by atoms with van der Waals surface area (Å²) in [5.41, 5.74) is 0.256. The van der Waals surface area contributed by atoms with Gasteiger partial charge in [-0.15, -0.1) is 0 Å². The van der Waals surface area contributed by atoms with Crippen LogP contribution >= 0.6 is 0 Å². The van der Waals surface area contributed by atoms with Gasteiger partial charge in [0.1, 0.15) is 4.90 Å².